The minimum atomic E-state index is -0.148. The van der Waals surface area contributed by atoms with E-state index in [1.165, 1.54) is 23.1 Å². The van der Waals surface area contributed by atoms with Gasteiger partial charge in [-0.25, -0.2) is 4.98 Å². The molecule has 6 nitrogen and oxygen atoms in total. The zero-order valence-corrected chi connectivity index (χ0v) is 22.4. The number of nitrogens with zero attached hydrogens (tertiary/aromatic N) is 4. The number of halogens is 2. The maximum absolute atomic E-state index is 12.5. The Balaban J connectivity index is 1.32. The fourth-order valence-electron chi connectivity index (χ4n) is 3.09. The average molecular weight is 563 g/mol. The van der Waals surface area contributed by atoms with Crippen LogP contribution in [0.1, 0.15) is 11.4 Å². The lowest BCUT2D eigenvalue weighted by atomic mass is 10.2. The highest BCUT2D eigenvalue weighted by atomic mass is 35.5. The molecule has 35 heavy (non-hydrogen) atoms. The van der Waals surface area contributed by atoms with E-state index in [9.17, 15) is 4.79 Å². The number of aromatic nitrogens is 4. The van der Waals surface area contributed by atoms with Crippen molar-refractivity contribution >= 4 is 69.1 Å². The molecule has 2 aromatic carbocycles. The van der Waals surface area contributed by atoms with Crippen molar-refractivity contribution in [3.63, 3.8) is 0 Å². The van der Waals surface area contributed by atoms with Crippen LogP contribution in [0.5, 0.6) is 0 Å². The van der Waals surface area contributed by atoms with Crippen LogP contribution in [0.2, 0.25) is 10.0 Å². The zero-order chi connectivity index (χ0) is 24.6. The molecule has 0 radical (unpaired) electrons. The van der Waals surface area contributed by atoms with Gasteiger partial charge in [0.1, 0.15) is 5.82 Å². The molecule has 0 saturated heterocycles. The molecular weight excluding hydrogens is 541 g/mol. The van der Waals surface area contributed by atoms with E-state index in [0.29, 0.717) is 32.6 Å². The molecule has 2 aromatic heterocycles. The lowest BCUT2D eigenvalue weighted by Gasteiger charge is -2.08. The molecule has 0 saturated carbocycles. The molecule has 0 aliphatic carbocycles. The fourth-order valence-corrected chi connectivity index (χ4v) is 6.12. The number of hydrogen-bond donors (Lipinski definition) is 1. The molecule has 1 amide bonds. The number of rotatable bonds is 11. The second-order valence-electron chi connectivity index (χ2n) is 7.27. The number of hydrogen-bond acceptors (Lipinski definition) is 7. The van der Waals surface area contributed by atoms with Gasteiger partial charge in [0.25, 0.3) is 0 Å². The van der Waals surface area contributed by atoms with Crippen molar-refractivity contribution in [3.05, 3.63) is 88.0 Å². The molecule has 0 bridgehead atoms. The number of thioether (sulfide) groups is 2. The lowest BCUT2D eigenvalue weighted by molar-refractivity contribution is -0.113. The number of thiazole rings is 1. The summed E-state index contributed by atoms with van der Waals surface area (Å²) in [4.78, 5) is 17.0. The third-order valence-corrected chi connectivity index (χ3v) is 8.05. The van der Waals surface area contributed by atoms with Gasteiger partial charge < -0.3 is 9.88 Å². The molecule has 4 rings (SSSR count). The van der Waals surface area contributed by atoms with Crippen molar-refractivity contribution in [1.82, 2.24) is 19.7 Å². The summed E-state index contributed by atoms with van der Waals surface area (Å²) in [6.45, 7) is 4.39. The monoisotopic (exact) mass is 561 g/mol. The SMILES string of the molecule is C=CCn1c(CSCc2ccc(Cl)cc2Cl)nnc1SCC(=O)Nc1nc(-c2ccccc2)cs1. The van der Waals surface area contributed by atoms with Crippen molar-refractivity contribution in [2.45, 2.75) is 23.2 Å². The van der Waals surface area contributed by atoms with E-state index in [0.717, 1.165) is 28.4 Å². The smallest absolute Gasteiger partial charge is 0.236 e. The highest BCUT2D eigenvalue weighted by molar-refractivity contribution is 7.99. The predicted molar refractivity (Wildman–Crippen MR) is 149 cm³/mol. The van der Waals surface area contributed by atoms with Gasteiger partial charge in [-0.3, -0.25) is 4.79 Å². The van der Waals surface area contributed by atoms with Gasteiger partial charge in [0, 0.05) is 33.3 Å². The number of carbonyl (C=O) groups excluding carboxylic acids is 1. The quantitative estimate of drug-likeness (QED) is 0.156. The summed E-state index contributed by atoms with van der Waals surface area (Å²) >= 11 is 16.7. The number of nitrogens with one attached hydrogen (secondary N) is 1. The molecule has 0 spiro atoms. The normalized spacial score (nSPS) is 10.9. The van der Waals surface area contributed by atoms with Gasteiger partial charge in [-0.1, -0.05) is 77.4 Å². The Hall–Kier alpha value is -2.30. The van der Waals surface area contributed by atoms with E-state index in [2.05, 4.69) is 27.1 Å². The molecule has 0 aliphatic rings. The van der Waals surface area contributed by atoms with E-state index in [-0.39, 0.29) is 11.7 Å². The number of anilines is 1. The number of allylic oxidation sites excluding steroid dienone is 1. The summed E-state index contributed by atoms with van der Waals surface area (Å²) in [6.07, 6.45) is 1.79. The number of amides is 1. The first kappa shape index (κ1) is 25.8. The summed E-state index contributed by atoms with van der Waals surface area (Å²) in [5.74, 6) is 2.23. The standard InChI is InChI=1S/C24H21Cl2N5OS3/c1-2-10-31-21(14-33-12-17-8-9-18(25)11-19(17)26)29-30-24(31)35-15-22(32)28-23-27-20(13-34-23)16-6-4-3-5-7-16/h2-9,11,13H,1,10,12,14-15H2,(H,27,28,32). The van der Waals surface area contributed by atoms with Crippen LogP contribution in [-0.4, -0.2) is 31.4 Å². The molecule has 180 valence electrons. The third-order valence-electron chi connectivity index (χ3n) is 4.76. The van der Waals surface area contributed by atoms with Crippen LogP contribution in [0.25, 0.3) is 11.3 Å². The van der Waals surface area contributed by atoms with Crippen LogP contribution in [0, 0.1) is 0 Å². The largest absolute Gasteiger partial charge is 0.301 e. The van der Waals surface area contributed by atoms with E-state index in [1.807, 2.05) is 52.4 Å². The van der Waals surface area contributed by atoms with Crippen molar-refractivity contribution in [2.75, 3.05) is 11.1 Å². The molecular formula is C24H21Cl2N5OS3. The fraction of sp³-hybridized carbons (Fsp3) is 0.167. The molecule has 0 atom stereocenters. The average Bonchev–Trinajstić information content (AvgIpc) is 3.47. The molecule has 2 heterocycles. The zero-order valence-electron chi connectivity index (χ0n) is 18.5. The van der Waals surface area contributed by atoms with E-state index in [4.69, 9.17) is 23.2 Å². The van der Waals surface area contributed by atoms with Crippen LogP contribution in [-0.2, 0) is 22.8 Å². The molecule has 0 aliphatic heterocycles. The Kier molecular flexibility index (Phi) is 9.28. The van der Waals surface area contributed by atoms with Crippen LogP contribution in [0.15, 0.2) is 71.7 Å². The second-order valence-corrected chi connectivity index (χ2v) is 10.9. The lowest BCUT2D eigenvalue weighted by Crippen LogP contribution is -2.14. The maximum atomic E-state index is 12.5. The third kappa shape index (κ3) is 7.11. The van der Waals surface area contributed by atoms with Crippen molar-refractivity contribution in [1.29, 1.82) is 0 Å². The van der Waals surface area contributed by atoms with Crippen LogP contribution in [0.4, 0.5) is 5.13 Å². The number of carbonyl (C=O) groups is 1. The Labute approximate surface area is 226 Å². The van der Waals surface area contributed by atoms with Crippen LogP contribution in [0.3, 0.4) is 0 Å². The second kappa shape index (κ2) is 12.6. The van der Waals surface area contributed by atoms with Gasteiger partial charge >= 0.3 is 0 Å². The Morgan fingerprint density at radius 3 is 2.74 bits per heavy atom. The van der Waals surface area contributed by atoms with Gasteiger partial charge in [0.15, 0.2) is 10.3 Å². The Morgan fingerprint density at radius 2 is 1.97 bits per heavy atom. The molecule has 4 aromatic rings. The summed E-state index contributed by atoms with van der Waals surface area (Å²) < 4.78 is 1.97. The topological polar surface area (TPSA) is 72.7 Å². The van der Waals surface area contributed by atoms with Gasteiger partial charge in [-0.05, 0) is 17.7 Å². The minimum Gasteiger partial charge on any atom is -0.301 e. The summed E-state index contributed by atoms with van der Waals surface area (Å²) in [7, 11) is 0. The van der Waals surface area contributed by atoms with E-state index in [1.54, 1.807) is 23.9 Å². The molecule has 0 unspecified atom stereocenters. The summed E-state index contributed by atoms with van der Waals surface area (Å²) in [6, 6.07) is 15.4. The van der Waals surface area contributed by atoms with Gasteiger partial charge in [-0.15, -0.1) is 39.9 Å². The Morgan fingerprint density at radius 1 is 1.14 bits per heavy atom. The van der Waals surface area contributed by atoms with Gasteiger partial charge in [0.2, 0.25) is 5.91 Å². The van der Waals surface area contributed by atoms with E-state index < -0.39 is 0 Å². The van der Waals surface area contributed by atoms with Crippen molar-refractivity contribution in [2.24, 2.45) is 0 Å². The Bertz CT molecular complexity index is 1310. The van der Waals surface area contributed by atoms with Crippen molar-refractivity contribution < 1.29 is 4.79 Å². The molecule has 0 fully saturated rings. The summed E-state index contributed by atoms with van der Waals surface area (Å²) in [5, 5.41) is 15.9. The molecule has 1 N–H and O–H groups in total. The first-order chi connectivity index (χ1) is 17.0. The highest BCUT2D eigenvalue weighted by Gasteiger charge is 2.15. The number of benzene rings is 2. The predicted octanol–water partition coefficient (Wildman–Crippen LogP) is 7.06. The first-order valence-corrected chi connectivity index (χ1v) is 14.3. The van der Waals surface area contributed by atoms with Gasteiger partial charge in [0.05, 0.1) is 17.2 Å². The minimum absolute atomic E-state index is 0.148. The van der Waals surface area contributed by atoms with Gasteiger partial charge in [-0.2, -0.15) is 0 Å². The molecule has 11 heteroatoms. The van der Waals surface area contributed by atoms with E-state index >= 15 is 0 Å². The van der Waals surface area contributed by atoms with Crippen LogP contribution < -0.4 is 5.32 Å². The first-order valence-electron chi connectivity index (χ1n) is 10.5. The summed E-state index contributed by atoms with van der Waals surface area (Å²) in [5.41, 5.74) is 2.87. The highest BCUT2D eigenvalue weighted by Crippen LogP contribution is 2.28. The maximum Gasteiger partial charge on any atom is 0.236 e. The van der Waals surface area contributed by atoms with Crippen molar-refractivity contribution in [3.8, 4) is 11.3 Å². The van der Waals surface area contributed by atoms with Crippen LogP contribution >= 0.6 is 58.1 Å².